The van der Waals surface area contributed by atoms with Crippen molar-refractivity contribution in [2.75, 3.05) is 13.2 Å². The van der Waals surface area contributed by atoms with Gasteiger partial charge in [0.15, 0.2) is 6.10 Å². The Morgan fingerprint density at radius 1 is 0.633 bits per heavy atom. The molecule has 0 aromatic rings. The van der Waals surface area contributed by atoms with Crippen LogP contribution in [-0.4, -0.2) is 48.6 Å². The fourth-order valence-corrected chi connectivity index (χ4v) is 6.01. The Morgan fingerprint density at radius 3 is 1.73 bits per heavy atom. The van der Waals surface area contributed by atoms with E-state index in [0.29, 0.717) is 25.0 Å². The number of hydrogen-bond donors (Lipinski definition) is 1. The average molecular weight is 689 g/mol. The lowest BCUT2D eigenvalue weighted by Crippen LogP contribution is -2.28. The van der Waals surface area contributed by atoms with E-state index in [2.05, 4.69) is 57.2 Å². The Hall–Kier alpha value is -1.92. The second-order valence-electron chi connectivity index (χ2n) is 14.6. The van der Waals surface area contributed by atoms with E-state index >= 15 is 0 Å². The Labute approximate surface area is 301 Å². The van der Waals surface area contributed by atoms with E-state index in [4.69, 9.17) is 14.2 Å². The van der Waals surface area contributed by atoms with Crippen molar-refractivity contribution in [3.8, 4) is 0 Å². The molecule has 1 saturated heterocycles. The summed E-state index contributed by atoms with van der Waals surface area (Å²) in [5.41, 5.74) is 0. The number of hydrogen-bond acceptors (Lipinski definition) is 6. The first-order valence-corrected chi connectivity index (χ1v) is 20.5. The van der Waals surface area contributed by atoms with Crippen LogP contribution in [-0.2, 0) is 23.8 Å². The maximum absolute atomic E-state index is 12.2. The second-order valence-corrected chi connectivity index (χ2v) is 14.6. The van der Waals surface area contributed by atoms with Gasteiger partial charge in [-0.15, -0.1) is 0 Å². The van der Waals surface area contributed by atoms with Crippen LogP contribution < -0.4 is 0 Å². The minimum atomic E-state index is -0.804. The van der Waals surface area contributed by atoms with Crippen molar-refractivity contribution in [1.29, 1.82) is 0 Å². The van der Waals surface area contributed by atoms with E-state index in [1.54, 1.807) is 0 Å². The van der Waals surface area contributed by atoms with Crippen LogP contribution >= 0.6 is 0 Å². The van der Waals surface area contributed by atoms with Crippen molar-refractivity contribution in [3.63, 3.8) is 0 Å². The summed E-state index contributed by atoms with van der Waals surface area (Å²) in [7, 11) is 0. The monoisotopic (exact) mass is 689 g/mol. The van der Waals surface area contributed by atoms with E-state index in [9.17, 15) is 14.7 Å². The van der Waals surface area contributed by atoms with Crippen LogP contribution in [0, 0.1) is 5.92 Å². The first-order chi connectivity index (χ1) is 24.0. The van der Waals surface area contributed by atoms with E-state index in [-0.39, 0.29) is 31.6 Å². The summed E-state index contributed by atoms with van der Waals surface area (Å²) in [6.07, 6.45) is 42.4. The third kappa shape index (κ3) is 30.6. The van der Waals surface area contributed by atoms with Gasteiger partial charge in [-0.3, -0.25) is 9.59 Å². The normalized spacial score (nSPS) is 16.8. The maximum atomic E-state index is 12.2. The van der Waals surface area contributed by atoms with Crippen molar-refractivity contribution in [2.24, 2.45) is 5.92 Å². The lowest BCUT2D eigenvalue weighted by atomic mass is 10.0. The zero-order valence-electron chi connectivity index (χ0n) is 32.1. The molecule has 1 rings (SSSR count). The predicted octanol–water partition coefficient (Wildman–Crippen LogP) is 11.7. The fraction of sp³-hybridized carbons (Fsp3) is 0.814. The van der Waals surface area contributed by atoms with Gasteiger partial charge >= 0.3 is 11.9 Å². The molecule has 284 valence electrons. The highest BCUT2D eigenvalue weighted by Gasteiger charge is 2.35. The number of epoxide rings is 1. The number of esters is 2. The molecule has 1 N–H and O–H groups in total. The summed E-state index contributed by atoms with van der Waals surface area (Å²) in [5, 5.41) is 9.57. The molecule has 0 aromatic heterocycles. The maximum Gasteiger partial charge on any atom is 0.306 e. The second kappa shape index (κ2) is 33.2. The summed E-state index contributed by atoms with van der Waals surface area (Å²) in [5.74, 6) is 0.186. The van der Waals surface area contributed by atoms with Crippen LogP contribution in [0.3, 0.4) is 0 Å². The van der Waals surface area contributed by atoms with Gasteiger partial charge in [0.25, 0.3) is 0 Å². The minimum Gasteiger partial charge on any atom is -0.462 e. The van der Waals surface area contributed by atoms with E-state index in [1.807, 2.05) is 0 Å². The first-order valence-electron chi connectivity index (χ1n) is 20.5. The molecule has 0 radical (unpaired) electrons. The summed E-state index contributed by atoms with van der Waals surface area (Å²) in [6.45, 7) is 6.41. The highest BCUT2D eigenvalue weighted by atomic mass is 16.6. The Morgan fingerprint density at radius 2 is 1.14 bits per heavy atom. The lowest BCUT2D eigenvalue weighted by molar-refractivity contribution is -0.161. The summed E-state index contributed by atoms with van der Waals surface area (Å²) in [6, 6.07) is 0. The Kier molecular flexibility index (Phi) is 30.6. The molecular formula is C43H76O6. The minimum absolute atomic E-state index is 0.0907. The van der Waals surface area contributed by atoms with Gasteiger partial charge in [0, 0.05) is 12.8 Å². The lowest BCUT2D eigenvalue weighted by Gasteiger charge is -2.15. The zero-order chi connectivity index (χ0) is 35.6. The van der Waals surface area contributed by atoms with Crippen molar-refractivity contribution in [3.05, 3.63) is 36.5 Å². The fourth-order valence-electron chi connectivity index (χ4n) is 6.01. The first kappa shape index (κ1) is 45.1. The van der Waals surface area contributed by atoms with Crippen LogP contribution in [0.4, 0.5) is 0 Å². The quantitative estimate of drug-likeness (QED) is 0.0309. The highest BCUT2D eigenvalue weighted by molar-refractivity contribution is 5.70. The molecule has 1 heterocycles. The Balaban J connectivity index is 1.91. The molecule has 2 unspecified atom stereocenters. The van der Waals surface area contributed by atoms with Crippen LogP contribution in [0.25, 0.3) is 0 Å². The molecule has 3 atom stereocenters. The third-order valence-corrected chi connectivity index (χ3v) is 9.27. The van der Waals surface area contributed by atoms with Crippen molar-refractivity contribution in [2.45, 2.75) is 206 Å². The zero-order valence-corrected chi connectivity index (χ0v) is 32.1. The summed E-state index contributed by atoms with van der Waals surface area (Å²) >= 11 is 0. The van der Waals surface area contributed by atoms with Gasteiger partial charge in [0.1, 0.15) is 6.61 Å². The molecule has 0 aliphatic carbocycles. The highest BCUT2D eigenvalue weighted by Crippen LogP contribution is 2.29. The molecule has 0 saturated carbocycles. The number of ether oxygens (including phenoxy) is 3. The standard InChI is InChI=1S/C43H76O6/c1-4-5-6-7-8-15-19-22-27-32-40-41(49-40)33-28-24-25-30-35-43(46)48-39(36-44)37-47-42(45)34-29-23-20-17-14-12-10-9-11-13-16-18-21-26-31-38(2)3/h8,15,22,24,27-28,38-41,44H,4-7,9-14,16-21,23,25-26,29-37H2,1-3H3/b15-8-,27-22-,28-24-/t39-,40?,41?/m0/s1. The van der Waals surface area contributed by atoms with E-state index in [0.717, 1.165) is 50.9 Å². The third-order valence-electron chi connectivity index (χ3n) is 9.27. The van der Waals surface area contributed by atoms with Gasteiger partial charge in [0.05, 0.1) is 18.8 Å². The number of carbonyl (C=O) groups excluding carboxylic acids is 2. The molecule has 0 amide bonds. The predicted molar refractivity (Wildman–Crippen MR) is 205 cm³/mol. The molecule has 0 bridgehead atoms. The molecule has 1 aliphatic heterocycles. The van der Waals surface area contributed by atoms with E-state index in [1.165, 1.54) is 103 Å². The van der Waals surface area contributed by atoms with Crippen LogP contribution in [0.1, 0.15) is 188 Å². The summed E-state index contributed by atoms with van der Waals surface area (Å²) in [4.78, 5) is 24.3. The smallest absolute Gasteiger partial charge is 0.306 e. The number of unbranched alkanes of at least 4 members (excludes halogenated alkanes) is 17. The van der Waals surface area contributed by atoms with Crippen molar-refractivity contribution in [1.82, 2.24) is 0 Å². The van der Waals surface area contributed by atoms with Gasteiger partial charge in [-0.1, -0.05) is 160 Å². The molecule has 1 fully saturated rings. The molecule has 6 heteroatoms. The molecule has 0 spiro atoms. The average Bonchev–Trinajstić information content (AvgIpc) is 3.84. The Bertz CT molecular complexity index is 862. The van der Waals surface area contributed by atoms with Crippen LogP contribution in [0.5, 0.6) is 0 Å². The summed E-state index contributed by atoms with van der Waals surface area (Å²) < 4.78 is 16.3. The van der Waals surface area contributed by atoms with Crippen LogP contribution in [0.2, 0.25) is 0 Å². The van der Waals surface area contributed by atoms with Crippen molar-refractivity contribution < 1.29 is 28.9 Å². The SMILES string of the molecule is CCCCC/C=C\C/C=C\CC1OC1C/C=C\CCCC(=O)O[C@@H](CO)COC(=O)CCCCCCCCCCCCCCCCC(C)C. The number of aliphatic hydroxyl groups excluding tert-OH is 1. The van der Waals surface area contributed by atoms with Gasteiger partial charge in [-0.25, -0.2) is 0 Å². The number of carbonyl (C=O) groups is 2. The van der Waals surface area contributed by atoms with Gasteiger partial charge in [0.2, 0.25) is 0 Å². The molecular weight excluding hydrogens is 612 g/mol. The largest absolute Gasteiger partial charge is 0.462 e. The number of rotatable bonds is 35. The van der Waals surface area contributed by atoms with Gasteiger partial charge < -0.3 is 19.3 Å². The van der Waals surface area contributed by atoms with Gasteiger partial charge in [-0.05, 0) is 57.3 Å². The van der Waals surface area contributed by atoms with E-state index < -0.39 is 6.10 Å². The van der Waals surface area contributed by atoms with Crippen molar-refractivity contribution >= 4 is 11.9 Å². The molecule has 49 heavy (non-hydrogen) atoms. The van der Waals surface area contributed by atoms with Gasteiger partial charge in [-0.2, -0.15) is 0 Å². The topological polar surface area (TPSA) is 85.4 Å². The molecule has 0 aromatic carbocycles. The molecule has 6 nitrogen and oxygen atoms in total. The van der Waals surface area contributed by atoms with Crippen LogP contribution in [0.15, 0.2) is 36.5 Å². The number of allylic oxidation sites excluding steroid dienone is 4. The number of aliphatic hydroxyl groups is 1. The molecule has 1 aliphatic rings.